The first-order valence-electron chi connectivity index (χ1n) is 5.45. The highest BCUT2D eigenvalue weighted by atomic mass is 79.9. The molecule has 0 saturated heterocycles. The van der Waals surface area contributed by atoms with Crippen molar-refractivity contribution in [1.82, 2.24) is 9.55 Å². The van der Waals surface area contributed by atoms with Gasteiger partial charge in [-0.1, -0.05) is 11.6 Å². The Morgan fingerprint density at radius 3 is 2.74 bits per heavy atom. The molecule has 2 aromatic heterocycles. The molecule has 0 amide bonds. The molecule has 102 valence electrons. The zero-order valence-electron chi connectivity index (χ0n) is 10.5. The Morgan fingerprint density at radius 1 is 1.53 bits per heavy atom. The van der Waals surface area contributed by atoms with Gasteiger partial charge in [0.1, 0.15) is 15.4 Å². The van der Waals surface area contributed by atoms with Gasteiger partial charge in [-0.2, -0.15) is 0 Å². The Bertz CT molecular complexity index is 664. The first-order valence-corrected chi connectivity index (χ1v) is 6.62. The molecule has 0 aliphatic carbocycles. The third-order valence-corrected chi connectivity index (χ3v) is 3.19. The minimum Gasteiger partial charge on any atom is -0.443 e. The van der Waals surface area contributed by atoms with E-state index in [-0.39, 0.29) is 15.1 Å². The van der Waals surface area contributed by atoms with E-state index in [1.54, 1.807) is 20.8 Å². The van der Waals surface area contributed by atoms with Crippen molar-refractivity contribution in [2.75, 3.05) is 0 Å². The number of carbonyl (C=O) groups is 1. The lowest BCUT2D eigenvalue weighted by Crippen LogP contribution is -2.27. The fraction of sp³-hybridized carbons (Fsp3) is 0.333. The number of hydrogen-bond donors (Lipinski definition) is 0. The smallest absolute Gasteiger partial charge is 0.420 e. The largest absolute Gasteiger partial charge is 0.443 e. The molecule has 0 spiro atoms. The van der Waals surface area contributed by atoms with E-state index in [9.17, 15) is 9.18 Å². The van der Waals surface area contributed by atoms with Crippen molar-refractivity contribution in [3.8, 4) is 0 Å². The highest BCUT2D eigenvalue weighted by Crippen LogP contribution is 2.30. The number of carbonyl (C=O) groups excluding carboxylic acids is 1. The molecule has 0 N–H and O–H groups in total. The fourth-order valence-electron chi connectivity index (χ4n) is 1.58. The van der Waals surface area contributed by atoms with E-state index in [4.69, 9.17) is 16.3 Å². The monoisotopic (exact) mass is 348 g/mol. The molecule has 2 rings (SSSR count). The molecule has 0 aromatic carbocycles. The summed E-state index contributed by atoms with van der Waals surface area (Å²) in [6, 6.07) is 1.41. The number of fused-ring (bicyclic) bond motifs is 1. The molecule has 2 aromatic rings. The van der Waals surface area contributed by atoms with Gasteiger partial charge >= 0.3 is 6.09 Å². The number of pyridine rings is 1. The summed E-state index contributed by atoms with van der Waals surface area (Å²) < 4.78 is 20.3. The Balaban J connectivity index is 2.62. The van der Waals surface area contributed by atoms with Gasteiger partial charge in [0.15, 0.2) is 5.82 Å². The van der Waals surface area contributed by atoms with Crippen LogP contribution < -0.4 is 0 Å². The van der Waals surface area contributed by atoms with Crippen molar-refractivity contribution < 1.29 is 13.9 Å². The second kappa shape index (κ2) is 4.76. The second-order valence-electron chi connectivity index (χ2n) is 4.94. The SMILES string of the molecule is CC(C)(C)OC(=O)n1c(Br)c(F)c2cnc(Cl)cc21. The fourth-order valence-corrected chi connectivity index (χ4v) is 2.28. The van der Waals surface area contributed by atoms with Crippen molar-refractivity contribution in [2.45, 2.75) is 26.4 Å². The van der Waals surface area contributed by atoms with Gasteiger partial charge in [0.2, 0.25) is 0 Å². The lowest BCUT2D eigenvalue weighted by Gasteiger charge is -2.20. The number of hydrogen-bond acceptors (Lipinski definition) is 3. The van der Waals surface area contributed by atoms with Crippen molar-refractivity contribution >= 4 is 44.5 Å². The van der Waals surface area contributed by atoms with Crippen LogP contribution >= 0.6 is 27.5 Å². The third kappa shape index (κ3) is 2.74. The maximum absolute atomic E-state index is 14.0. The zero-order valence-corrected chi connectivity index (χ0v) is 12.8. The summed E-state index contributed by atoms with van der Waals surface area (Å²) in [5.74, 6) is -0.579. The molecule has 7 heteroatoms. The van der Waals surface area contributed by atoms with Crippen LogP contribution in [0.3, 0.4) is 0 Å². The van der Waals surface area contributed by atoms with Crippen LogP contribution in [0.2, 0.25) is 5.15 Å². The molecule has 0 bridgehead atoms. The molecule has 4 nitrogen and oxygen atoms in total. The number of aromatic nitrogens is 2. The van der Waals surface area contributed by atoms with E-state index in [1.165, 1.54) is 12.3 Å². The van der Waals surface area contributed by atoms with Crippen molar-refractivity contribution in [1.29, 1.82) is 0 Å². The molecule has 0 aliphatic rings. The first-order chi connectivity index (χ1) is 8.70. The zero-order chi connectivity index (χ0) is 14.4. The summed E-state index contributed by atoms with van der Waals surface area (Å²) in [5, 5.41) is 0.365. The Labute approximate surface area is 122 Å². The maximum atomic E-state index is 14.0. The Morgan fingerprint density at radius 2 is 2.16 bits per heavy atom. The van der Waals surface area contributed by atoms with Gasteiger partial charge in [-0.05, 0) is 36.7 Å². The van der Waals surface area contributed by atoms with Gasteiger partial charge in [0, 0.05) is 12.3 Å². The van der Waals surface area contributed by atoms with Crippen molar-refractivity contribution in [3.05, 3.63) is 27.8 Å². The normalized spacial score (nSPS) is 11.9. The lowest BCUT2D eigenvalue weighted by atomic mass is 10.2. The average molecular weight is 350 g/mol. The van der Waals surface area contributed by atoms with E-state index in [0.29, 0.717) is 5.52 Å². The number of nitrogens with zero attached hydrogens (tertiary/aromatic N) is 2. The standard InChI is InChI=1S/C12H11BrClFN2O2/c1-12(2,3)19-11(18)17-7-4-8(14)16-5-6(7)9(15)10(17)13/h4-5H,1-3H3. The number of halogens is 3. The van der Waals surface area contributed by atoms with Crippen LogP contribution in [0.4, 0.5) is 9.18 Å². The molecular formula is C12H11BrClFN2O2. The topological polar surface area (TPSA) is 44.1 Å². The van der Waals surface area contributed by atoms with Gasteiger partial charge in [-0.25, -0.2) is 18.7 Å². The molecule has 0 fully saturated rings. The predicted octanol–water partition coefficient (Wildman–Crippen LogP) is 4.37. The molecule has 0 aliphatic heterocycles. The summed E-state index contributed by atoms with van der Waals surface area (Å²) in [6.07, 6.45) is 0.592. The van der Waals surface area contributed by atoms with Crippen LogP contribution in [0.15, 0.2) is 16.9 Å². The van der Waals surface area contributed by atoms with E-state index in [0.717, 1.165) is 4.57 Å². The van der Waals surface area contributed by atoms with Crippen LogP contribution in [0.1, 0.15) is 20.8 Å². The summed E-state index contributed by atoms with van der Waals surface area (Å²) in [5.41, 5.74) is -0.376. The van der Waals surface area contributed by atoms with Gasteiger partial charge in [-0.3, -0.25) is 0 Å². The van der Waals surface area contributed by atoms with Crippen LogP contribution in [-0.4, -0.2) is 21.2 Å². The summed E-state index contributed by atoms with van der Waals surface area (Å²) in [6.45, 7) is 5.19. The summed E-state index contributed by atoms with van der Waals surface area (Å²) in [7, 11) is 0. The highest BCUT2D eigenvalue weighted by molar-refractivity contribution is 9.10. The van der Waals surface area contributed by atoms with Gasteiger partial charge in [-0.15, -0.1) is 0 Å². The molecule has 0 saturated carbocycles. The maximum Gasteiger partial charge on any atom is 0.420 e. The summed E-state index contributed by atoms with van der Waals surface area (Å²) >= 11 is 8.82. The van der Waals surface area contributed by atoms with E-state index < -0.39 is 17.5 Å². The van der Waals surface area contributed by atoms with E-state index in [1.807, 2.05) is 0 Å². The first kappa shape index (κ1) is 14.3. The number of rotatable bonds is 0. The average Bonchev–Trinajstić information content (AvgIpc) is 2.48. The van der Waals surface area contributed by atoms with Crippen LogP contribution in [-0.2, 0) is 4.74 Å². The molecule has 2 heterocycles. The summed E-state index contributed by atoms with van der Waals surface area (Å²) in [4.78, 5) is 15.9. The minimum absolute atomic E-state index is 0.0131. The van der Waals surface area contributed by atoms with Crippen LogP contribution in [0.5, 0.6) is 0 Å². The Kier molecular flexibility index (Phi) is 3.57. The second-order valence-corrected chi connectivity index (χ2v) is 6.08. The molecule has 0 unspecified atom stereocenters. The molecule has 0 atom stereocenters. The van der Waals surface area contributed by atoms with Gasteiger partial charge in [0.25, 0.3) is 0 Å². The molecule has 0 radical (unpaired) electrons. The van der Waals surface area contributed by atoms with Gasteiger partial charge < -0.3 is 4.74 Å². The Hall–Kier alpha value is -1.14. The van der Waals surface area contributed by atoms with E-state index >= 15 is 0 Å². The van der Waals surface area contributed by atoms with Crippen LogP contribution in [0.25, 0.3) is 10.9 Å². The van der Waals surface area contributed by atoms with Crippen molar-refractivity contribution in [2.24, 2.45) is 0 Å². The highest BCUT2D eigenvalue weighted by Gasteiger charge is 2.25. The van der Waals surface area contributed by atoms with E-state index in [2.05, 4.69) is 20.9 Å². The predicted molar refractivity (Wildman–Crippen MR) is 74.0 cm³/mol. The van der Waals surface area contributed by atoms with Gasteiger partial charge in [0.05, 0.1) is 10.9 Å². The van der Waals surface area contributed by atoms with Crippen LogP contribution in [0, 0.1) is 5.82 Å². The molecular weight excluding hydrogens is 338 g/mol. The lowest BCUT2D eigenvalue weighted by molar-refractivity contribution is 0.0540. The molecule has 19 heavy (non-hydrogen) atoms. The third-order valence-electron chi connectivity index (χ3n) is 2.28. The van der Waals surface area contributed by atoms with Crippen molar-refractivity contribution in [3.63, 3.8) is 0 Å². The number of ether oxygens (including phenoxy) is 1. The minimum atomic E-state index is -0.685. The quantitative estimate of drug-likeness (QED) is 0.663.